The molecule has 3 aromatic rings. The molecule has 0 aliphatic rings. The largest absolute Gasteiger partial charge is 0.491 e. The molecule has 3 N–H and O–H groups in total. The number of fused-ring (bicyclic) bond motifs is 1. The van der Waals surface area contributed by atoms with Crippen molar-refractivity contribution in [3.63, 3.8) is 0 Å². The van der Waals surface area contributed by atoms with E-state index < -0.39 is 17.7 Å². The van der Waals surface area contributed by atoms with Crippen LogP contribution in [-0.4, -0.2) is 28.3 Å². The average Bonchev–Trinajstić information content (AvgIpc) is 2.97. The summed E-state index contributed by atoms with van der Waals surface area (Å²) in [6, 6.07) is 10.3. The normalized spacial score (nSPS) is 12.6. The quantitative estimate of drug-likeness (QED) is 0.623. The van der Waals surface area contributed by atoms with Gasteiger partial charge in [-0.15, -0.1) is 0 Å². The average molecular weight is 387 g/mol. The van der Waals surface area contributed by atoms with Gasteiger partial charge < -0.3 is 24.8 Å². The maximum atomic E-state index is 13.3. The van der Waals surface area contributed by atoms with Gasteiger partial charge >= 0.3 is 11.8 Å². The fourth-order valence-corrected chi connectivity index (χ4v) is 2.65. The third-order valence-electron chi connectivity index (χ3n) is 3.87. The lowest BCUT2D eigenvalue weighted by molar-refractivity contribution is 0.0487. The van der Waals surface area contributed by atoms with Crippen LogP contribution in [0.25, 0.3) is 11.0 Å². The number of hydrogen-bond donors (Lipinski definition) is 3. The van der Waals surface area contributed by atoms with Crippen molar-refractivity contribution in [2.45, 2.75) is 32.4 Å². The molecule has 0 aliphatic carbocycles. The number of carbonyl (C=O) groups is 1. The summed E-state index contributed by atoms with van der Waals surface area (Å²) in [6.07, 6.45) is -0.601. The van der Waals surface area contributed by atoms with Crippen LogP contribution in [0.4, 0.5) is 9.18 Å². The van der Waals surface area contributed by atoms with Crippen LogP contribution in [0.2, 0.25) is 0 Å². The summed E-state index contributed by atoms with van der Waals surface area (Å²) in [5.41, 5.74) is 0.996. The van der Waals surface area contributed by atoms with Crippen LogP contribution in [0, 0.1) is 5.82 Å². The first-order chi connectivity index (χ1) is 13.2. The Kier molecular flexibility index (Phi) is 5.39. The Morgan fingerprint density at radius 1 is 1.11 bits per heavy atom. The maximum absolute atomic E-state index is 13.3. The van der Waals surface area contributed by atoms with E-state index in [1.165, 1.54) is 12.1 Å². The van der Waals surface area contributed by atoms with Crippen LogP contribution in [0.3, 0.4) is 0 Å². The number of carbonyl (C=O) groups excluding carboxylic acids is 1. The Morgan fingerprint density at radius 3 is 2.46 bits per heavy atom. The van der Waals surface area contributed by atoms with Crippen LogP contribution in [0.5, 0.6) is 5.75 Å². The van der Waals surface area contributed by atoms with Gasteiger partial charge in [0.25, 0.3) is 0 Å². The van der Waals surface area contributed by atoms with Crippen LogP contribution < -0.4 is 15.7 Å². The summed E-state index contributed by atoms with van der Waals surface area (Å²) in [4.78, 5) is 28.9. The molecule has 1 atom stereocenters. The first-order valence-electron chi connectivity index (χ1n) is 8.79. The van der Waals surface area contributed by atoms with E-state index in [0.29, 0.717) is 22.3 Å². The van der Waals surface area contributed by atoms with E-state index in [1.807, 2.05) is 0 Å². The van der Waals surface area contributed by atoms with Crippen LogP contribution >= 0.6 is 0 Å². The molecular weight excluding hydrogens is 365 g/mol. The lowest BCUT2D eigenvalue weighted by atomic mass is 10.1. The number of halogens is 1. The minimum absolute atomic E-state index is 0.0883. The topological polar surface area (TPSA) is 96.2 Å². The molecule has 0 saturated heterocycles. The fourth-order valence-electron chi connectivity index (χ4n) is 2.65. The van der Waals surface area contributed by atoms with E-state index in [4.69, 9.17) is 9.47 Å². The predicted octanol–water partition coefficient (Wildman–Crippen LogP) is 3.64. The second-order valence-corrected chi connectivity index (χ2v) is 7.35. The zero-order valence-electron chi connectivity index (χ0n) is 15.8. The Hall–Kier alpha value is -3.29. The van der Waals surface area contributed by atoms with Crippen molar-refractivity contribution in [2.75, 3.05) is 6.61 Å². The first kappa shape index (κ1) is 19.5. The number of H-pyrrole nitrogens is 2. The van der Waals surface area contributed by atoms with Gasteiger partial charge in [0, 0.05) is 6.07 Å². The van der Waals surface area contributed by atoms with Gasteiger partial charge in [-0.25, -0.2) is 14.0 Å². The number of nitrogens with one attached hydrogen (secondary N) is 3. The van der Waals surface area contributed by atoms with Gasteiger partial charge in [0.2, 0.25) is 0 Å². The van der Waals surface area contributed by atoms with E-state index in [-0.39, 0.29) is 18.1 Å². The van der Waals surface area contributed by atoms with Gasteiger partial charge in [-0.3, -0.25) is 0 Å². The molecule has 3 rings (SSSR count). The molecule has 2 aromatic carbocycles. The molecule has 0 aliphatic heterocycles. The van der Waals surface area contributed by atoms with Crippen molar-refractivity contribution in [1.29, 1.82) is 0 Å². The van der Waals surface area contributed by atoms with Gasteiger partial charge in [-0.05, 0) is 50.6 Å². The lowest BCUT2D eigenvalue weighted by Crippen LogP contribution is -2.37. The molecule has 0 spiro atoms. The molecular formula is C20H22FN3O4. The number of ether oxygens (including phenoxy) is 2. The number of amides is 1. The number of aromatic amines is 2. The second-order valence-electron chi connectivity index (χ2n) is 7.35. The molecule has 0 fully saturated rings. The monoisotopic (exact) mass is 387 g/mol. The van der Waals surface area contributed by atoms with Crippen molar-refractivity contribution in [3.05, 3.63) is 64.3 Å². The van der Waals surface area contributed by atoms with Gasteiger partial charge in [0.05, 0.1) is 17.1 Å². The van der Waals surface area contributed by atoms with Crippen molar-refractivity contribution < 1.29 is 18.7 Å². The highest BCUT2D eigenvalue weighted by atomic mass is 19.1. The summed E-state index contributed by atoms with van der Waals surface area (Å²) < 4.78 is 24.4. The zero-order valence-corrected chi connectivity index (χ0v) is 15.8. The number of alkyl carbamates (subject to hydrolysis) is 1. The van der Waals surface area contributed by atoms with Crippen molar-refractivity contribution in [2.24, 2.45) is 0 Å². The molecule has 0 radical (unpaired) electrons. The van der Waals surface area contributed by atoms with Crippen molar-refractivity contribution in [3.8, 4) is 5.75 Å². The third kappa shape index (κ3) is 5.12. The zero-order chi connectivity index (χ0) is 20.3. The maximum Gasteiger partial charge on any atom is 0.408 e. The predicted molar refractivity (Wildman–Crippen MR) is 103 cm³/mol. The minimum atomic E-state index is -0.649. The van der Waals surface area contributed by atoms with Gasteiger partial charge in [-0.1, -0.05) is 12.1 Å². The van der Waals surface area contributed by atoms with E-state index >= 15 is 0 Å². The summed E-state index contributed by atoms with van der Waals surface area (Å²) in [6.45, 7) is 5.39. The molecule has 0 unspecified atom stereocenters. The van der Waals surface area contributed by atoms with Crippen molar-refractivity contribution in [1.82, 2.24) is 15.3 Å². The SMILES string of the molecule is CC(C)(C)OC(=O)N[C@@H](COc1ccc2[nH]c(=O)[nH]c2c1)c1ccc(F)cc1. The van der Waals surface area contributed by atoms with E-state index in [9.17, 15) is 14.0 Å². The van der Waals surface area contributed by atoms with E-state index in [0.717, 1.165) is 0 Å². The van der Waals surface area contributed by atoms with Crippen LogP contribution in [0.15, 0.2) is 47.3 Å². The first-order valence-corrected chi connectivity index (χ1v) is 8.79. The van der Waals surface area contributed by atoms with Gasteiger partial charge in [0.15, 0.2) is 0 Å². The highest BCUT2D eigenvalue weighted by Gasteiger charge is 2.21. The molecule has 1 aromatic heterocycles. The molecule has 7 nitrogen and oxygen atoms in total. The third-order valence-corrected chi connectivity index (χ3v) is 3.87. The summed E-state index contributed by atoms with van der Waals surface area (Å²) in [5, 5.41) is 2.75. The lowest BCUT2D eigenvalue weighted by Gasteiger charge is -2.24. The fraction of sp³-hybridized carbons (Fsp3) is 0.300. The molecule has 0 saturated carbocycles. The summed E-state index contributed by atoms with van der Waals surface area (Å²) in [5.74, 6) is 0.142. The Balaban J connectivity index is 1.76. The van der Waals surface area contributed by atoms with E-state index in [1.54, 1.807) is 51.1 Å². The van der Waals surface area contributed by atoms with Gasteiger partial charge in [-0.2, -0.15) is 0 Å². The molecule has 148 valence electrons. The number of hydrogen-bond acceptors (Lipinski definition) is 4. The molecule has 1 heterocycles. The van der Waals surface area contributed by atoms with Crippen LogP contribution in [-0.2, 0) is 4.74 Å². The molecule has 0 bridgehead atoms. The number of benzene rings is 2. The molecule has 1 amide bonds. The Bertz CT molecular complexity index is 1020. The summed E-state index contributed by atoms with van der Waals surface area (Å²) in [7, 11) is 0. The standard InChI is InChI=1S/C20H22FN3O4/c1-20(2,3)28-19(26)24-17(12-4-6-13(21)7-5-12)11-27-14-8-9-15-16(10-14)23-18(25)22-15/h4-10,17H,11H2,1-3H3,(H,24,26)(H2,22,23,25)/t17-/m0/s1. The highest BCUT2D eigenvalue weighted by Crippen LogP contribution is 2.21. The Labute approximate surface area is 160 Å². The van der Waals surface area contributed by atoms with E-state index in [2.05, 4.69) is 15.3 Å². The number of imidazole rings is 1. The van der Waals surface area contributed by atoms with Gasteiger partial charge in [0.1, 0.15) is 23.8 Å². The number of rotatable bonds is 5. The highest BCUT2D eigenvalue weighted by molar-refractivity contribution is 5.76. The van der Waals surface area contributed by atoms with Crippen LogP contribution in [0.1, 0.15) is 32.4 Å². The summed E-state index contributed by atoms with van der Waals surface area (Å²) >= 11 is 0. The van der Waals surface area contributed by atoms with Crippen molar-refractivity contribution >= 4 is 17.1 Å². The second kappa shape index (κ2) is 7.75. The minimum Gasteiger partial charge on any atom is -0.491 e. The smallest absolute Gasteiger partial charge is 0.408 e. The number of aromatic nitrogens is 2. The Morgan fingerprint density at radius 2 is 1.79 bits per heavy atom. The molecule has 8 heteroatoms. The molecule has 28 heavy (non-hydrogen) atoms.